The van der Waals surface area contributed by atoms with Crippen molar-refractivity contribution in [1.29, 1.82) is 0 Å². The van der Waals surface area contributed by atoms with Crippen LogP contribution in [-0.4, -0.2) is 12.2 Å². The summed E-state index contributed by atoms with van der Waals surface area (Å²) < 4.78 is 18.6. The average molecular weight is 210 g/mol. The summed E-state index contributed by atoms with van der Waals surface area (Å²) in [4.78, 5) is 0. The number of aliphatic hydroxyl groups is 1. The summed E-state index contributed by atoms with van der Waals surface area (Å²) >= 11 is 0. The molecule has 1 N–H and O–H groups in total. The number of rotatable bonds is 3. The van der Waals surface area contributed by atoms with E-state index in [0.29, 0.717) is 29.7 Å². The molecule has 1 fully saturated rings. The number of ether oxygens (including phenoxy) is 1. The molecule has 15 heavy (non-hydrogen) atoms. The van der Waals surface area contributed by atoms with Gasteiger partial charge in [-0.3, -0.25) is 0 Å². The van der Waals surface area contributed by atoms with Crippen molar-refractivity contribution < 1.29 is 14.2 Å². The van der Waals surface area contributed by atoms with Gasteiger partial charge in [-0.1, -0.05) is 12.1 Å². The molecule has 1 unspecified atom stereocenters. The molecular weight excluding hydrogens is 195 g/mol. The maximum absolute atomic E-state index is 13.5. The Hall–Kier alpha value is -1.09. The Kier molecular flexibility index (Phi) is 2.43. The predicted molar refractivity (Wildman–Crippen MR) is 55.6 cm³/mol. The number of alkyl halides is 1. The normalized spacial score (nSPS) is 19.7. The quantitative estimate of drug-likeness (QED) is 0.831. The summed E-state index contributed by atoms with van der Waals surface area (Å²) in [6.07, 6.45) is 0.292. The molecule has 1 aliphatic carbocycles. The Morgan fingerprint density at radius 2 is 2.13 bits per heavy atom. The molecule has 0 saturated heterocycles. The van der Waals surface area contributed by atoms with Gasteiger partial charge < -0.3 is 9.84 Å². The Labute approximate surface area is 88.7 Å². The number of benzene rings is 1. The van der Waals surface area contributed by atoms with Gasteiger partial charge in [-0.05, 0) is 31.4 Å². The van der Waals surface area contributed by atoms with Crippen LogP contribution in [0.15, 0.2) is 18.2 Å². The van der Waals surface area contributed by atoms with Crippen LogP contribution < -0.4 is 4.74 Å². The van der Waals surface area contributed by atoms with Gasteiger partial charge in [-0.15, -0.1) is 0 Å². The summed E-state index contributed by atoms with van der Waals surface area (Å²) in [7, 11) is 1.52. The van der Waals surface area contributed by atoms with Crippen molar-refractivity contribution in [2.45, 2.75) is 31.5 Å². The van der Waals surface area contributed by atoms with E-state index in [0.717, 1.165) is 0 Å². The minimum absolute atomic E-state index is 0.486. The third-order valence-corrected chi connectivity index (χ3v) is 2.91. The highest BCUT2D eigenvalue weighted by Gasteiger charge is 2.44. The molecule has 0 amide bonds. The van der Waals surface area contributed by atoms with Crippen LogP contribution in [-0.2, 0) is 5.60 Å². The molecule has 1 saturated carbocycles. The monoisotopic (exact) mass is 210 g/mol. The molecule has 1 aromatic rings. The second-order valence-electron chi connectivity index (χ2n) is 4.07. The van der Waals surface area contributed by atoms with Crippen molar-refractivity contribution in [1.82, 2.24) is 0 Å². The highest BCUT2D eigenvalue weighted by atomic mass is 19.1. The maximum atomic E-state index is 13.5. The van der Waals surface area contributed by atoms with Crippen molar-refractivity contribution in [3.8, 4) is 5.75 Å². The lowest BCUT2D eigenvalue weighted by Crippen LogP contribution is -2.10. The fourth-order valence-corrected chi connectivity index (χ4v) is 1.93. The van der Waals surface area contributed by atoms with E-state index < -0.39 is 11.8 Å². The Balaban J connectivity index is 2.53. The van der Waals surface area contributed by atoms with Gasteiger partial charge in [0.15, 0.2) is 0 Å². The first-order chi connectivity index (χ1) is 7.08. The molecule has 0 radical (unpaired) electrons. The van der Waals surface area contributed by atoms with E-state index in [1.807, 2.05) is 0 Å². The molecule has 3 heteroatoms. The molecule has 0 aromatic heterocycles. The fraction of sp³-hybridized carbons (Fsp3) is 0.500. The molecule has 82 valence electrons. The van der Waals surface area contributed by atoms with Gasteiger partial charge in [-0.2, -0.15) is 0 Å². The summed E-state index contributed by atoms with van der Waals surface area (Å²) in [5, 5.41) is 10.0. The van der Waals surface area contributed by atoms with Crippen molar-refractivity contribution >= 4 is 0 Å². The second kappa shape index (κ2) is 3.49. The van der Waals surface area contributed by atoms with E-state index in [1.54, 1.807) is 18.2 Å². The largest absolute Gasteiger partial charge is 0.496 e. The summed E-state index contributed by atoms with van der Waals surface area (Å²) in [5.74, 6) is 0.517. The Morgan fingerprint density at radius 3 is 2.60 bits per heavy atom. The highest BCUT2D eigenvalue weighted by molar-refractivity contribution is 5.46. The van der Waals surface area contributed by atoms with Gasteiger partial charge in [-0.25, -0.2) is 4.39 Å². The van der Waals surface area contributed by atoms with Crippen LogP contribution in [0.2, 0.25) is 0 Å². The minimum Gasteiger partial charge on any atom is -0.496 e. The van der Waals surface area contributed by atoms with E-state index in [-0.39, 0.29) is 0 Å². The molecule has 0 spiro atoms. The topological polar surface area (TPSA) is 29.5 Å². The zero-order valence-corrected chi connectivity index (χ0v) is 8.96. The van der Waals surface area contributed by atoms with Gasteiger partial charge >= 0.3 is 0 Å². The van der Waals surface area contributed by atoms with E-state index in [9.17, 15) is 9.50 Å². The maximum Gasteiger partial charge on any atom is 0.126 e. The highest BCUT2D eigenvalue weighted by Crippen LogP contribution is 2.49. The van der Waals surface area contributed by atoms with Gasteiger partial charge in [0.25, 0.3) is 0 Å². The van der Waals surface area contributed by atoms with E-state index in [2.05, 4.69) is 0 Å². The fourth-order valence-electron chi connectivity index (χ4n) is 1.93. The number of halogens is 1. The molecule has 0 bridgehead atoms. The van der Waals surface area contributed by atoms with Gasteiger partial charge in [0.05, 0.1) is 12.7 Å². The van der Waals surface area contributed by atoms with Crippen molar-refractivity contribution in [3.63, 3.8) is 0 Å². The van der Waals surface area contributed by atoms with Crippen LogP contribution in [0.25, 0.3) is 0 Å². The third-order valence-electron chi connectivity index (χ3n) is 2.91. The zero-order valence-electron chi connectivity index (χ0n) is 8.96. The van der Waals surface area contributed by atoms with Gasteiger partial charge in [0.2, 0.25) is 0 Å². The lowest BCUT2D eigenvalue weighted by molar-refractivity contribution is 0.147. The van der Waals surface area contributed by atoms with Crippen LogP contribution in [0.3, 0.4) is 0 Å². The van der Waals surface area contributed by atoms with Crippen molar-refractivity contribution in [3.05, 3.63) is 29.3 Å². The molecule has 0 heterocycles. The summed E-state index contributed by atoms with van der Waals surface area (Å²) in [6.45, 7) is 1.47. The van der Waals surface area contributed by atoms with Gasteiger partial charge in [0.1, 0.15) is 11.9 Å². The lowest BCUT2D eigenvalue weighted by atomic mass is 9.97. The molecule has 2 nitrogen and oxygen atoms in total. The standard InChI is InChI=1S/C12H15FO2/c1-8(13)11-9(12(14)6-7-12)4-3-5-10(11)15-2/h3-5,8,14H,6-7H2,1-2H3. The average Bonchev–Trinajstić information content (AvgIpc) is 2.96. The zero-order chi connectivity index (χ0) is 11.1. The van der Waals surface area contributed by atoms with E-state index >= 15 is 0 Å². The molecule has 1 atom stereocenters. The minimum atomic E-state index is -1.12. The number of hydrogen-bond acceptors (Lipinski definition) is 2. The summed E-state index contributed by atoms with van der Waals surface area (Å²) in [5.41, 5.74) is 0.348. The van der Waals surface area contributed by atoms with Crippen LogP contribution >= 0.6 is 0 Å². The van der Waals surface area contributed by atoms with Crippen molar-refractivity contribution in [2.75, 3.05) is 7.11 Å². The number of methoxy groups -OCH3 is 1. The second-order valence-corrected chi connectivity index (χ2v) is 4.07. The first-order valence-electron chi connectivity index (χ1n) is 5.12. The molecule has 0 aliphatic heterocycles. The molecule has 1 aromatic carbocycles. The van der Waals surface area contributed by atoms with Crippen LogP contribution in [0, 0.1) is 0 Å². The van der Waals surface area contributed by atoms with Crippen LogP contribution in [0.5, 0.6) is 5.75 Å². The Morgan fingerprint density at radius 1 is 1.47 bits per heavy atom. The Bertz CT molecular complexity index is 370. The molecule has 2 rings (SSSR count). The number of hydrogen-bond donors (Lipinski definition) is 1. The molecule has 1 aliphatic rings. The predicted octanol–water partition coefficient (Wildman–Crippen LogP) is 2.71. The van der Waals surface area contributed by atoms with E-state index in [4.69, 9.17) is 4.74 Å². The van der Waals surface area contributed by atoms with E-state index in [1.165, 1.54) is 14.0 Å². The smallest absolute Gasteiger partial charge is 0.126 e. The summed E-state index contributed by atoms with van der Waals surface area (Å²) in [6, 6.07) is 5.29. The first kappa shape index (κ1) is 10.4. The molecular formula is C12H15FO2. The first-order valence-corrected chi connectivity index (χ1v) is 5.12. The lowest BCUT2D eigenvalue weighted by Gasteiger charge is -2.18. The SMILES string of the molecule is COc1cccc(C2(O)CC2)c1C(C)F. The van der Waals surface area contributed by atoms with Crippen molar-refractivity contribution in [2.24, 2.45) is 0 Å². The van der Waals surface area contributed by atoms with Crippen LogP contribution in [0.4, 0.5) is 4.39 Å². The van der Waals surface area contributed by atoms with Crippen LogP contribution in [0.1, 0.15) is 37.1 Å². The van der Waals surface area contributed by atoms with Gasteiger partial charge in [0, 0.05) is 5.56 Å². The third kappa shape index (κ3) is 1.72.